The van der Waals surface area contributed by atoms with Crippen molar-refractivity contribution in [3.63, 3.8) is 0 Å². The van der Waals surface area contributed by atoms with Gasteiger partial charge in [-0.15, -0.1) is 12.4 Å². The zero-order valence-corrected chi connectivity index (χ0v) is 13.4. The van der Waals surface area contributed by atoms with Crippen LogP contribution in [0.1, 0.15) is 39.3 Å². The average Bonchev–Trinajstić information content (AvgIpc) is 2.38. The summed E-state index contributed by atoms with van der Waals surface area (Å²) in [6, 6.07) is 3.78. The normalized spacial score (nSPS) is 15.1. The van der Waals surface area contributed by atoms with Gasteiger partial charge < -0.3 is 15.6 Å². The summed E-state index contributed by atoms with van der Waals surface area (Å²) in [6.07, 6.45) is 4.51. The van der Waals surface area contributed by atoms with Crippen LogP contribution < -0.4 is 10.5 Å². The van der Waals surface area contributed by atoms with Crippen LogP contribution >= 0.6 is 12.4 Å². The number of hydrogen-bond acceptors (Lipinski definition) is 4. The number of nitrogens with zero attached hydrogens (tertiary/aromatic N) is 1. The van der Waals surface area contributed by atoms with Crippen LogP contribution in [0.5, 0.6) is 5.75 Å². The van der Waals surface area contributed by atoms with Crippen LogP contribution in [0, 0.1) is 5.92 Å². The second kappa shape index (κ2) is 9.16. The van der Waals surface area contributed by atoms with Gasteiger partial charge in [-0.1, -0.05) is 20.3 Å². The molecule has 0 aliphatic carbocycles. The third kappa shape index (κ3) is 7.08. The topological polar surface area (TPSA) is 68.4 Å². The maximum atomic E-state index is 9.88. The van der Waals surface area contributed by atoms with Crippen molar-refractivity contribution in [1.29, 1.82) is 0 Å². The molecule has 0 spiro atoms. The number of halogens is 1. The number of pyridine rings is 1. The van der Waals surface area contributed by atoms with Crippen molar-refractivity contribution >= 4 is 12.4 Å². The van der Waals surface area contributed by atoms with E-state index in [1.165, 1.54) is 12.8 Å². The predicted octanol–water partition coefficient (Wildman–Crippen LogP) is 2.57. The minimum Gasteiger partial charge on any atom is -0.492 e. The molecule has 4 nitrogen and oxygen atoms in total. The summed E-state index contributed by atoms with van der Waals surface area (Å²) >= 11 is 0. The third-order valence-corrected chi connectivity index (χ3v) is 3.12. The number of ether oxygens (including phenoxy) is 1. The van der Waals surface area contributed by atoms with E-state index < -0.39 is 5.60 Å². The van der Waals surface area contributed by atoms with Crippen LogP contribution in [0.3, 0.4) is 0 Å². The standard InChI is InChI=1S/C15H26N2O2.ClH/c1-4-5-12(2)10-19-14-7-6-13(17-9-14)8-15(3,18)11-16;/h6-7,9,12,18H,4-5,8,10-11,16H2,1-3H3;1H. The molecule has 0 fully saturated rings. The minimum atomic E-state index is -0.898. The molecule has 2 unspecified atom stereocenters. The Kier molecular flexibility index (Phi) is 8.78. The van der Waals surface area contributed by atoms with Gasteiger partial charge in [0.15, 0.2) is 0 Å². The monoisotopic (exact) mass is 302 g/mol. The van der Waals surface area contributed by atoms with Gasteiger partial charge in [0.05, 0.1) is 18.4 Å². The zero-order chi connectivity index (χ0) is 14.3. The molecule has 0 saturated heterocycles. The first-order valence-electron chi connectivity index (χ1n) is 6.97. The summed E-state index contributed by atoms with van der Waals surface area (Å²) < 4.78 is 5.68. The molecule has 1 aromatic heterocycles. The number of aliphatic hydroxyl groups is 1. The molecular formula is C15H27ClN2O2. The zero-order valence-electron chi connectivity index (χ0n) is 12.6. The van der Waals surface area contributed by atoms with Crippen molar-refractivity contribution in [1.82, 2.24) is 4.98 Å². The first kappa shape index (κ1) is 19.2. The fraction of sp³-hybridized carbons (Fsp3) is 0.667. The van der Waals surface area contributed by atoms with Crippen LogP contribution in [-0.2, 0) is 6.42 Å². The Morgan fingerprint density at radius 3 is 2.65 bits per heavy atom. The molecule has 0 aliphatic rings. The molecule has 0 bridgehead atoms. The summed E-state index contributed by atoms with van der Waals surface area (Å²) in [5.41, 5.74) is 5.42. The van der Waals surface area contributed by atoms with Gasteiger partial charge in [-0.2, -0.15) is 0 Å². The molecule has 0 amide bonds. The van der Waals surface area contributed by atoms with Gasteiger partial charge in [-0.25, -0.2) is 0 Å². The highest BCUT2D eigenvalue weighted by molar-refractivity contribution is 5.85. The quantitative estimate of drug-likeness (QED) is 0.774. The maximum absolute atomic E-state index is 9.88. The van der Waals surface area contributed by atoms with Crippen LogP contribution in [0.2, 0.25) is 0 Å². The van der Waals surface area contributed by atoms with Crippen molar-refractivity contribution < 1.29 is 9.84 Å². The third-order valence-electron chi connectivity index (χ3n) is 3.12. The summed E-state index contributed by atoms with van der Waals surface area (Å²) in [7, 11) is 0. The highest BCUT2D eigenvalue weighted by Gasteiger charge is 2.19. The summed E-state index contributed by atoms with van der Waals surface area (Å²) in [5, 5.41) is 9.88. The Balaban J connectivity index is 0.00000361. The summed E-state index contributed by atoms with van der Waals surface area (Å²) in [6.45, 7) is 7.02. The van der Waals surface area contributed by atoms with Crippen molar-refractivity contribution in [2.24, 2.45) is 11.7 Å². The molecular weight excluding hydrogens is 276 g/mol. The van der Waals surface area contributed by atoms with Crippen molar-refractivity contribution in [2.75, 3.05) is 13.2 Å². The Bertz CT molecular complexity index is 369. The second-order valence-corrected chi connectivity index (χ2v) is 5.57. The average molecular weight is 303 g/mol. The van der Waals surface area contributed by atoms with E-state index in [1.54, 1.807) is 13.1 Å². The highest BCUT2D eigenvalue weighted by atomic mass is 35.5. The molecule has 0 radical (unpaired) electrons. The van der Waals surface area contributed by atoms with Gasteiger partial charge in [0.2, 0.25) is 0 Å². The highest BCUT2D eigenvalue weighted by Crippen LogP contribution is 2.15. The molecule has 2 atom stereocenters. The van der Waals surface area contributed by atoms with Crippen molar-refractivity contribution in [3.8, 4) is 5.75 Å². The Labute approximate surface area is 128 Å². The van der Waals surface area contributed by atoms with Crippen molar-refractivity contribution in [2.45, 2.75) is 45.6 Å². The van der Waals surface area contributed by atoms with E-state index in [0.717, 1.165) is 18.1 Å². The van der Waals surface area contributed by atoms with Gasteiger partial charge in [0.1, 0.15) is 5.75 Å². The largest absolute Gasteiger partial charge is 0.492 e. The van der Waals surface area contributed by atoms with Crippen LogP contribution in [0.25, 0.3) is 0 Å². The number of rotatable bonds is 8. The summed E-state index contributed by atoms with van der Waals surface area (Å²) in [5.74, 6) is 1.33. The van der Waals surface area contributed by atoms with Gasteiger partial charge in [-0.3, -0.25) is 4.98 Å². The van der Waals surface area contributed by atoms with Crippen LogP contribution in [-0.4, -0.2) is 28.8 Å². The lowest BCUT2D eigenvalue weighted by atomic mass is 10.0. The Hall–Kier alpha value is -0.840. The molecule has 1 rings (SSSR count). The molecule has 3 N–H and O–H groups in total. The first-order valence-corrected chi connectivity index (χ1v) is 6.97. The molecule has 5 heteroatoms. The molecule has 1 heterocycles. The van der Waals surface area contributed by atoms with Crippen LogP contribution in [0.15, 0.2) is 18.3 Å². The van der Waals surface area contributed by atoms with E-state index in [1.807, 2.05) is 12.1 Å². The molecule has 0 aromatic carbocycles. The lowest BCUT2D eigenvalue weighted by Crippen LogP contribution is -2.36. The lowest BCUT2D eigenvalue weighted by molar-refractivity contribution is 0.0686. The molecule has 116 valence electrons. The number of nitrogens with two attached hydrogens (primary N) is 1. The lowest BCUT2D eigenvalue weighted by Gasteiger charge is -2.20. The molecule has 0 aliphatic heterocycles. The predicted molar refractivity (Wildman–Crippen MR) is 84.4 cm³/mol. The second-order valence-electron chi connectivity index (χ2n) is 5.57. The van der Waals surface area contributed by atoms with Gasteiger partial charge in [-0.05, 0) is 31.4 Å². The van der Waals surface area contributed by atoms with Gasteiger partial charge in [0, 0.05) is 18.7 Å². The first-order chi connectivity index (χ1) is 8.96. The molecule has 20 heavy (non-hydrogen) atoms. The smallest absolute Gasteiger partial charge is 0.137 e. The minimum absolute atomic E-state index is 0. The SMILES string of the molecule is CCCC(C)COc1ccc(CC(C)(O)CN)nc1.Cl. The van der Waals surface area contributed by atoms with E-state index in [9.17, 15) is 5.11 Å². The fourth-order valence-electron chi connectivity index (χ4n) is 1.88. The van der Waals surface area contributed by atoms with E-state index >= 15 is 0 Å². The summed E-state index contributed by atoms with van der Waals surface area (Å²) in [4.78, 5) is 4.30. The van der Waals surface area contributed by atoms with E-state index in [2.05, 4.69) is 18.8 Å². The Morgan fingerprint density at radius 2 is 2.15 bits per heavy atom. The van der Waals surface area contributed by atoms with Crippen molar-refractivity contribution in [3.05, 3.63) is 24.0 Å². The van der Waals surface area contributed by atoms with Gasteiger partial charge >= 0.3 is 0 Å². The number of aromatic nitrogens is 1. The van der Waals surface area contributed by atoms with E-state index in [4.69, 9.17) is 10.5 Å². The number of hydrogen-bond donors (Lipinski definition) is 2. The molecule has 1 aromatic rings. The van der Waals surface area contributed by atoms with Gasteiger partial charge in [0.25, 0.3) is 0 Å². The van der Waals surface area contributed by atoms with Crippen LogP contribution in [0.4, 0.5) is 0 Å². The maximum Gasteiger partial charge on any atom is 0.137 e. The van der Waals surface area contributed by atoms with E-state index in [0.29, 0.717) is 12.3 Å². The Morgan fingerprint density at radius 1 is 1.45 bits per heavy atom. The molecule has 0 saturated carbocycles. The van der Waals surface area contributed by atoms with E-state index in [-0.39, 0.29) is 19.0 Å². The fourth-order valence-corrected chi connectivity index (χ4v) is 1.88.